The van der Waals surface area contributed by atoms with E-state index in [0.717, 1.165) is 11.8 Å². The van der Waals surface area contributed by atoms with Crippen LogP contribution in [0, 0.1) is 23.7 Å². The summed E-state index contributed by atoms with van der Waals surface area (Å²) in [6, 6.07) is 59.0. The number of anilines is 3. The van der Waals surface area contributed by atoms with Gasteiger partial charge in [0.2, 0.25) is 0 Å². The molecular weight excluding hydrogens is 711 g/mol. The molecule has 0 saturated heterocycles. The Bertz CT molecular complexity index is 2890. The smallest absolute Gasteiger partial charge is 0.0540 e. The van der Waals surface area contributed by atoms with Crippen LogP contribution in [0.5, 0.6) is 0 Å². The minimum Gasteiger partial charge on any atom is -0.310 e. The van der Waals surface area contributed by atoms with Crippen LogP contribution in [0.25, 0.3) is 44.5 Å². The first-order valence-electron chi connectivity index (χ1n) is 22.4. The Morgan fingerprint density at radius 2 is 0.864 bits per heavy atom. The number of nitrogens with zero attached hydrogens (tertiary/aromatic N) is 1. The van der Waals surface area contributed by atoms with E-state index in [1.165, 1.54) is 116 Å². The largest absolute Gasteiger partial charge is 0.310 e. The van der Waals surface area contributed by atoms with Gasteiger partial charge in [0.15, 0.2) is 0 Å². The zero-order chi connectivity index (χ0) is 39.4. The summed E-state index contributed by atoms with van der Waals surface area (Å²) in [5.41, 5.74) is 23.5. The molecule has 0 aliphatic heterocycles. The van der Waals surface area contributed by atoms with Crippen molar-refractivity contribution < 1.29 is 0 Å². The molecule has 7 aromatic rings. The molecule has 1 spiro atoms. The summed E-state index contributed by atoms with van der Waals surface area (Å²) >= 11 is 0. The standard InChI is InChI=1S/C58H51N/c1-56(2)48-19-9-5-15-42(48)47-33-39(25-27-50(47)56)59(54-23-12-8-16-44(54)45-18-13-22-52-55(45)46-17-7-10-20-49(46)57(52,3)4)40-24-26-43-41-14-6-11-21-51(41)58(53(43)34-40)37-29-35-28-36(31-37)32-38(58)30-35/h5-27,33-38H,28-32H2,1-4H3. The Labute approximate surface area is 349 Å². The third kappa shape index (κ3) is 4.36. The molecule has 0 atom stereocenters. The normalized spacial score (nSPS) is 24.9. The monoisotopic (exact) mass is 761 g/mol. The maximum absolute atomic E-state index is 2.67. The fourth-order valence-corrected chi connectivity index (χ4v) is 14.4. The highest BCUT2D eigenvalue weighted by Crippen LogP contribution is 2.70. The molecule has 4 fully saturated rings. The summed E-state index contributed by atoms with van der Waals surface area (Å²) in [7, 11) is 0. The SMILES string of the molecule is CC1(C)c2ccccc2-c2cc(N(c3ccc4c(c3)C3(c5ccccc5-4)C4CC5CC(C4)CC3C5)c3ccccc3-c3cccc4c3-c3ccccc3C4(C)C)ccc21. The van der Waals surface area contributed by atoms with Gasteiger partial charge in [0.05, 0.1) is 5.69 Å². The van der Waals surface area contributed by atoms with Gasteiger partial charge >= 0.3 is 0 Å². The summed E-state index contributed by atoms with van der Waals surface area (Å²) in [6.45, 7) is 9.57. The van der Waals surface area contributed by atoms with Crippen LogP contribution in [-0.2, 0) is 16.2 Å². The Hall–Kier alpha value is -5.66. The second-order valence-corrected chi connectivity index (χ2v) is 20.1. The van der Waals surface area contributed by atoms with Gasteiger partial charge in [0.25, 0.3) is 0 Å². The number of hydrogen-bond acceptors (Lipinski definition) is 1. The van der Waals surface area contributed by atoms with E-state index in [2.05, 4.69) is 184 Å². The van der Waals surface area contributed by atoms with Gasteiger partial charge in [-0.1, -0.05) is 149 Å². The van der Waals surface area contributed by atoms with E-state index < -0.39 is 0 Å². The lowest BCUT2D eigenvalue weighted by Crippen LogP contribution is -2.55. The second kappa shape index (κ2) is 11.8. The van der Waals surface area contributed by atoms with Crippen molar-refractivity contribution in [2.24, 2.45) is 23.7 Å². The molecule has 4 saturated carbocycles. The van der Waals surface area contributed by atoms with Crippen LogP contribution < -0.4 is 4.90 Å². The third-order valence-corrected chi connectivity index (χ3v) is 16.7. The minimum atomic E-state index is -0.0707. The van der Waals surface area contributed by atoms with E-state index in [0.29, 0.717) is 11.8 Å². The molecule has 0 unspecified atom stereocenters. The van der Waals surface area contributed by atoms with Gasteiger partial charge in [0.1, 0.15) is 0 Å². The van der Waals surface area contributed by atoms with Crippen LogP contribution in [0.15, 0.2) is 152 Å². The molecule has 59 heavy (non-hydrogen) atoms. The van der Waals surface area contributed by atoms with Crippen molar-refractivity contribution in [3.8, 4) is 44.5 Å². The molecule has 0 heterocycles. The number of fused-ring (bicyclic) bond motifs is 9. The summed E-state index contributed by atoms with van der Waals surface area (Å²) < 4.78 is 0. The molecule has 0 aromatic heterocycles. The zero-order valence-corrected chi connectivity index (χ0v) is 34.7. The van der Waals surface area contributed by atoms with E-state index in [1.54, 1.807) is 11.1 Å². The van der Waals surface area contributed by atoms with Crippen LogP contribution in [0.1, 0.15) is 93.2 Å². The van der Waals surface area contributed by atoms with Gasteiger partial charge in [0, 0.05) is 33.2 Å². The highest BCUT2D eigenvalue weighted by molar-refractivity contribution is 5.99. The summed E-state index contributed by atoms with van der Waals surface area (Å²) in [5.74, 6) is 3.25. The first-order chi connectivity index (χ1) is 28.7. The molecule has 7 aliphatic carbocycles. The van der Waals surface area contributed by atoms with Crippen molar-refractivity contribution in [2.45, 2.75) is 76.0 Å². The fourth-order valence-electron chi connectivity index (χ4n) is 14.4. The Kier molecular flexibility index (Phi) is 6.82. The molecule has 7 aliphatic rings. The van der Waals surface area contributed by atoms with Gasteiger partial charge in [-0.15, -0.1) is 0 Å². The van der Waals surface area contributed by atoms with Gasteiger partial charge in [-0.25, -0.2) is 0 Å². The molecule has 14 rings (SSSR count). The van der Waals surface area contributed by atoms with E-state index in [9.17, 15) is 0 Å². The summed E-state index contributed by atoms with van der Waals surface area (Å²) in [4.78, 5) is 2.63. The van der Waals surface area contributed by atoms with Crippen molar-refractivity contribution in [3.05, 3.63) is 185 Å². The lowest BCUT2D eigenvalue weighted by atomic mass is 9.43. The van der Waals surface area contributed by atoms with Crippen molar-refractivity contribution in [1.82, 2.24) is 0 Å². The first kappa shape index (κ1) is 34.2. The number of benzene rings is 7. The van der Waals surface area contributed by atoms with E-state index in [-0.39, 0.29) is 16.2 Å². The van der Waals surface area contributed by atoms with E-state index in [4.69, 9.17) is 0 Å². The van der Waals surface area contributed by atoms with Gasteiger partial charge in [-0.3, -0.25) is 0 Å². The number of para-hydroxylation sites is 1. The van der Waals surface area contributed by atoms with Crippen molar-refractivity contribution in [2.75, 3.05) is 4.90 Å². The molecule has 1 heteroatoms. The minimum absolute atomic E-state index is 0.0524. The topological polar surface area (TPSA) is 3.24 Å². The fraction of sp³-hybridized carbons (Fsp3) is 0.276. The van der Waals surface area contributed by atoms with E-state index >= 15 is 0 Å². The molecular formula is C58H51N. The quantitative estimate of drug-likeness (QED) is 0.173. The Morgan fingerprint density at radius 1 is 0.373 bits per heavy atom. The van der Waals surface area contributed by atoms with Gasteiger partial charge in [-0.05, 0) is 158 Å². The summed E-state index contributed by atoms with van der Waals surface area (Å²) in [6.07, 6.45) is 7.00. The first-order valence-corrected chi connectivity index (χ1v) is 22.4. The van der Waals surface area contributed by atoms with Gasteiger partial charge in [-0.2, -0.15) is 0 Å². The average molecular weight is 762 g/mol. The van der Waals surface area contributed by atoms with E-state index in [1.807, 2.05) is 0 Å². The molecule has 7 aromatic carbocycles. The van der Waals surface area contributed by atoms with Crippen LogP contribution >= 0.6 is 0 Å². The average Bonchev–Trinajstić information content (AvgIpc) is 3.77. The zero-order valence-electron chi connectivity index (χ0n) is 34.7. The lowest BCUT2D eigenvalue weighted by Gasteiger charge is -2.61. The predicted octanol–water partition coefficient (Wildman–Crippen LogP) is 15.2. The predicted molar refractivity (Wildman–Crippen MR) is 245 cm³/mol. The van der Waals surface area contributed by atoms with Crippen LogP contribution in [-0.4, -0.2) is 0 Å². The highest BCUT2D eigenvalue weighted by atomic mass is 15.1. The molecule has 1 nitrogen and oxygen atoms in total. The molecule has 0 N–H and O–H groups in total. The van der Waals surface area contributed by atoms with Crippen molar-refractivity contribution >= 4 is 17.1 Å². The van der Waals surface area contributed by atoms with Crippen LogP contribution in [0.3, 0.4) is 0 Å². The number of hydrogen-bond donors (Lipinski definition) is 0. The maximum Gasteiger partial charge on any atom is 0.0540 e. The maximum atomic E-state index is 2.67. The second-order valence-electron chi connectivity index (χ2n) is 20.1. The van der Waals surface area contributed by atoms with Gasteiger partial charge < -0.3 is 4.90 Å². The third-order valence-electron chi connectivity index (χ3n) is 16.7. The summed E-state index contributed by atoms with van der Waals surface area (Å²) in [5, 5.41) is 0. The van der Waals surface area contributed by atoms with Crippen molar-refractivity contribution in [1.29, 1.82) is 0 Å². The highest BCUT2D eigenvalue weighted by Gasteiger charge is 2.61. The van der Waals surface area contributed by atoms with Crippen LogP contribution in [0.4, 0.5) is 17.1 Å². The lowest BCUT2D eigenvalue weighted by molar-refractivity contribution is -0.0399. The molecule has 0 amide bonds. The Balaban J connectivity index is 1.07. The molecule has 288 valence electrons. The molecule has 0 radical (unpaired) electrons. The van der Waals surface area contributed by atoms with Crippen molar-refractivity contribution in [3.63, 3.8) is 0 Å². The van der Waals surface area contributed by atoms with Crippen LogP contribution in [0.2, 0.25) is 0 Å². The molecule has 4 bridgehead atoms. The Morgan fingerprint density at radius 3 is 1.59 bits per heavy atom. The number of rotatable bonds is 4.